The molecule has 3 heterocycles. The van der Waals surface area contributed by atoms with Crippen molar-refractivity contribution >= 4 is 28.2 Å². The molecule has 0 spiro atoms. The number of methoxy groups -OCH3 is 3. The molecule has 0 saturated heterocycles. The molecule has 0 bridgehead atoms. The second kappa shape index (κ2) is 14.6. The zero-order chi connectivity index (χ0) is 42.0. The number of hydrogen-bond acceptors (Lipinski definition) is 10. The zero-order valence-electron chi connectivity index (χ0n) is 33.3. The third-order valence-corrected chi connectivity index (χ3v) is 12.5. The summed E-state index contributed by atoms with van der Waals surface area (Å²) < 4.78 is 22.0. The van der Waals surface area contributed by atoms with Gasteiger partial charge in [0.25, 0.3) is 5.56 Å². The van der Waals surface area contributed by atoms with Gasteiger partial charge >= 0.3 is 11.4 Å². The van der Waals surface area contributed by atoms with Gasteiger partial charge in [-0.2, -0.15) is 0 Å². The second-order valence-electron chi connectivity index (χ2n) is 15.3. The third kappa shape index (κ3) is 5.61. The molecule has 3 aliphatic rings. The summed E-state index contributed by atoms with van der Waals surface area (Å²) in [6.07, 6.45) is 3.30. The number of phenols is 1. The van der Waals surface area contributed by atoms with Crippen LogP contribution in [0.25, 0.3) is 16.6 Å². The standard InChI is InChI=1S/C46H41N5O9/c1-48-36-25-39(60-4)38(59-3)24-34(36)47-33(43(48)55)18-19-49-44(56)50-20-17-29-35(51(50)45(49)57)23-32-42(54)31(26-11-7-5-8-12-26)22-40(53)46(32,27-13-9-6-10-14-27)41(29)30-16-15-28(52)21-37(30)58-2/h5-17,21-22,24-25,32,35,41,52H,18-20,23H2,1-4H3/t32-,35+,41+,46-/m0/s1. The van der Waals surface area contributed by atoms with E-state index in [1.54, 1.807) is 49.5 Å². The molecular weight excluding hydrogens is 767 g/mol. The molecule has 0 unspecified atom stereocenters. The van der Waals surface area contributed by atoms with Crippen molar-refractivity contribution in [2.24, 2.45) is 13.0 Å². The van der Waals surface area contributed by atoms with E-state index in [4.69, 9.17) is 14.2 Å². The monoisotopic (exact) mass is 807 g/mol. The molecule has 60 heavy (non-hydrogen) atoms. The van der Waals surface area contributed by atoms with Gasteiger partial charge in [-0.25, -0.2) is 28.5 Å². The van der Waals surface area contributed by atoms with Gasteiger partial charge in [-0.05, 0) is 35.3 Å². The first-order chi connectivity index (χ1) is 29.0. The van der Waals surface area contributed by atoms with Crippen molar-refractivity contribution in [1.82, 2.24) is 23.5 Å². The van der Waals surface area contributed by atoms with E-state index in [2.05, 4.69) is 4.98 Å². The lowest BCUT2D eigenvalue weighted by atomic mass is 9.47. The summed E-state index contributed by atoms with van der Waals surface area (Å²) in [7, 11) is 6.08. The Hall–Kier alpha value is -7.22. The number of carbonyl (C=O) groups is 2. The smallest absolute Gasteiger partial charge is 0.347 e. The number of ether oxygens (including phenoxy) is 3. The van der Waals surface area contributed by atoms with Crippen LogP contribution in [0.2, 0.25) is 0 Å². The molecule has 1 saturated carbocycles. The highest BCUT2D eigenvalue weighted by molar-refractivity contribution is 6.31. The highest BCUT2D eigenvalue weighted by Crippen LogP contribution is 2.62. The number of rotatable bonds is 9. The highest BCUT2D eigenvalue weighted by atomic mass is 16.5. The molecule has 2 aromatic heterocycles. The van der Waals surface area contributed by atoms with Gasteiger partial charge in [-0.3, -0.25) is 14.4 Å². The number of Topliss-reactive ketones (excluding diaryl/α,β-unsaturated/α-hetero) is 1. The Morgan fingerprint density at radius 3 is 2.20 bits per heavy atom. The fraction of sp³-hybridized carbons (Fsp3) is 0.261. The lowest BCUT2D eigenvalue weighted by Crippen LogP contribution is -2.58. The number of allylic oxidation sites excluding steroid dienone is 4. The average molecular weight is 808 g/mol. The third-order valence-electron chi connectivity index (χ3n) is 12.5. The maximum Gasteiger partial charge on any atom is 0.347 e. The van der Waals surface area contributed by atoms with Crippen molar-refractivity contribution in [3.8, 4) is 23.0 Å². The number of nitrogens with zero attached hydrogens (tertiary/aromatic N) is 5. The summed E-state index contributed by atoms with van der Waals surface area (Å²) in [4.78, 5) is 77.6. The molecule has 1 fully saturated rings. The van der Waals surface area contributed by atoms with Crippen LogP contribution < -0.4 is 31.1 Å². The van der Waals surface area contributed by atoms with Crippen molar-refractivity contribution in [2.45, 2.75) is 43.3 Å². The van der Waals surface area contributed by atoms with Gasteiger partial charge in [0.05, 0.1) is 50.4 Å². The number of benzene rings is 4. The van der Waals surface area contributed by atoms with Gasteiger partial charge in [0.15, 0.2) is 23.1 Å². The molecule has 304 valence electrons. The van der Waals surface area contributed by atoms with E-state index in [9.17, 15) is 19.5 Å². The van der Waals surface area contributed by atoms with Gasteiger partial charge in [-0.15, -0.1) is 0 Å². The van der Waals surface area contributed by atoms with E-state index < -0.39 is 40.2 Å². The van der Waals surface area contributed by atoms with Crippen molar-refractivity contribution in [1.29, 1.82) is 0 Å². The minimum atomic E-state index is -1.49. The van der Waals surface area contributed by atoms with Gasteiger partial charge in [0, 0.05) is 61.2 Å². The zero-order valence-corrected chi connectivity index (χ0v) is 33.3. The number of hydrogen-bond donors (Lipinski definition) is 1. The van der Waals surface area contributed by atoms with Crippen LogP contribution in [0.3, 0.4) is 0 Å². The normalized spacial score (nSPS) is 20.8. The van der Waals surface area contributed by atoms with Gasteiger partial charge in [-0.1, -0.05) is 72.8 Å². The first-order valence-electron chi connectivity index (χ1n) is 19.5. The Labute approximate surface area is 342 Å². The Bertz CT molecular complexity index is 2990. The van der Waals surface area contributed by atoms with Gasteiger partial charge in [0.2, 0.25) is 0 Å². The fourth-order valence-corrected chi connectivity index (χ4v) is 9.75. The summed E-state index contributed by atoms with van der Waals surface area (Å²) in [5.41, 5.74) is 0.685. The number of aromatic nitrogens is 5. The first-order valence-corrected chi connectivity index (χ1v) is 19.5. The lowest BCUT2D eigenvalue weighted by molar-refractivity contribution is -0.133. The predicted molar refractivity (Wildman–Crippen MR) is 222 cm³/mol. The fourth-order valence-electron chi connectivity index (χ4n) is 9.75. The van der Waals surface area contributed by atoms with Crippen LogP contribution >= 0.6 is 0 Å². The van der Waals surface area contributed by atoms with Crippen molar-refractivity contribution in [2.75, 3.05) is 21.3 Å². The molecule has 0 amide bonds. The Balaban J connectivity index is 1.20. The Morgan fingerprint density at radius 1 is 0.817 bits per heavy atom. The predicted octanol–water partition coefficient (Wildman–Crippen LogP) is 4.49. The number of aryl methyl sites for hydroxylation is 2. The molecule has 0 radical (unpaired) electrons. The van der Waals surface area contributed by atoms with Gasteiger partial charge < -0.3 is 23.9 Å². The summed E-state index contributed by atoms with van der Waals surface area (Å²) in [6, 6.07) is 25.4. The summed E-state index contributed by atoms with van der Waals surface area (Å²) in [5.74, 6) is -1.34. The highest BCUT2D eigenvalue weighted by Gasteiger charge is 2.63. The van der Waals surface area contributed by atoms with Crippen LogP contribution in [0.4, 0.5) is 0 Å². The quantitative estimate of drug-likeness (QED) is 0.206. The lowest BCUT2D eigenvalue weighted by Gasteiger charge is -2.54. The van der Waals surface area contributed by atoms with Crippen LogP contribution in [0.1, 0.15) is 40.8 Å². The van der Waals surface area contributed by atoms with E-state index in [-0.39, 0.29) is 54.5 Å². The minimum absolute atomic E-state index is 0.00972. The molecule has 2 aliphatic carbocycles. The average Bonchev–Trinajstić information content (AvgIpc) is 3.52. The van der Waals surface area contributed by atoms with Crippen LogP contribution in [-0.4, -0.2) is 61.5 Å². The van der Waals surface area contributed by atoms with E-state index in [0.717, 1.165) is 4.57 Å². The molecule has 14 heteroatoms. The minimum Gasteiger partial charge on any atom is -0.508 e. The summed E-state index contributed by atoms with van der Waals surface area (Å²) in [5, 5.41) is 10.6. The maximum absolute atomic E-state index is 15.3. The van der Waals surface area contributed by atoms with Crippen LogP contribution in [-0.2, 0) is 41.6 Å². The van der Waals surface area contributed by atoms with Crippen molar-refractivity contribution in [3.63, 3.8) is 0 Å². The second-order valence-corrected chi connectivity index (χ2v) is 15.3. The van der Waals surface area contributed by atoms with Crippen LogP contribution in [0.15, 0.2) is 123 Å². The Morgan fingerprint density at radius 2 is 1.50 bits per heavy atom. The first kappa shape index (κ1) is 38.3. The topological polar surface area (TPSA) is 166 Å². The molecule has 14 nitrogen and oxygen atoms in total. The Kier molecular flexibility index (Phi) is 9.29. The van der Waals surface area contributed by atoms with Crippen molar-refractivity contribution in [3.05, 3.63) is 162 Å². The number of carbonyl (C=O) groups excluding carboxylic acids is 2. The van der Waals surface area contributed by atoms with E-state index in [1.165, 1.54) is 53.5 Å². The van der Waals surface area contributed by atoms with Crippen LogP contribution in [0, 0.1) is 5.92 Å². The largest absolute Gasteiger partial charge is 0.508 e. The van der Waals surface area contributed by atoms with Gasteiger partial charge in [0.1, 0.15) is 17.2 Å². The van der Waals surface area contributed by atoms with Crippen LogP contribution in [0.5, 0.6) is 23.0 Å². The number of fused-ring (bicyclic) bond motifs is 5. The van der Waals surface area contributed by atoms with Crippen molar-refractivity contribution < 1.29 is 28.9 Å². The molecule has 1 N–H and O–H groups in total. The maximum atomic E-state index is 15.3. The van der Waals surface area contributed by atoms with E-state index in [1.807, 2.05) is 42.5 Å². The SMILES string of the molecule is COc1cc2nc(CCn3c(=O)n4n(c3=O)[C@@H]3C[C@H]5C(=O)C(c6ccccc6)=CC(=O)[C@@]5(c5ccccc5)[C@@H](c5ccc(O)cc5OC)C3=CC4)c(=O)n(C)c2cc1OC. The number of phenolic OH excluding ortho intramolecular Hbond substituents is 1. The number of ketones is 2. The van der Waals surface area contributed by atoms with E-state index in [0.29, 0.717) is 50.5 Å². The molecule has 1 aliphatic heterocycles. The van der Waals surface area contributed by atoms with E-state index >= 15 is 9.59 Å². The summed E-state index contributed by atoms with van der Waals surface area (Å²) in [6.45, 7) is -0.164. The molecular formula is C46H41N5O9. The molecule has 9 rings (SSSR count). The molecule has 6 aromatic rings. The number of aromatic hydroxyl groups is 1. The molecule has 4 aromatic carbocycles. The molecule has 4 atom stereocenters. The summed E-state index contributed by atoms with van der Waals surface area (Å²) >= 11 is 0.